The van der Waals surface area contributed by atoms with E-state index in [0.29, 0.717) is 0 Å². The molecule has 1 aliphatic rings. The fourth-order valence-electron chi connectivity index (χ4n) is 5.34. The molecule has 0 aromatic heterocycles. The lowest BCUT2D eigenvalue weighted by Crippen LogP contribution is -2.13. The summed E-state index contributed by atoms with van der Waals surface area (Å²) in [5.74, 6) is 1.94. The Hall–Kier alpha value is -2.25. The lowest BCUT2D eigenvalue weighted by molar-refractivity contribution is 0.302. The quantitative estimate of drug-likeness (QED) is 0.315. The molecule has 0 unspecified atom stereocenters. The van der Waals surface area contributed by atoms with Crippen molar-refractivity contribution in [2.45, 2.75) is 77.0 Å². The summed E-state index contributed by atoms with van der Waals surface area (Å²) in [4.78, 5) is 0. The van der Waals surface area contributed by atoms with Crippen LogP contribution in [0, 0.1) is 5.92 Å². The molecule has 1 saturated carbocycles. The standard InChI is InChI=1S/C31H37ClO/c1-2-3-4-5-6-7-23-8-10-24(11-9-23)25-12-14-26(15-13-25)28-18-21-30(31(32)22-28)27-16-19-29(33)20-17-27/h12-24,33H,2-11H2,1H3. The second kappa shape index (κ2) is 11.7. The predicted molar refractivity (Wildman–Crippen MR) is 142 cm³/mol. The zero-order chi connectivity index (χ0) is 23.0. The van der Waals surface area contributed by atoms with Gasteiger partial charge in [-0.15, -0.1) is 0 Å². The fraction of sp³-hybridized carbons (Fsp3) is 0.419. The number of halogens is 1. The number of unbranched alkanes of at least 4 members (excludes halogenated alkanes) is 4. The van der Waals surface area contributed by atoms with Gasteiger partial charge in [0, 0.05) is 10.6 Å². The molecule has 0 atom stereocenters. The molecule has 3 aromatic carbocycles. The van der Waals surface area contributed by atoms with Crippen molar-refractivity contribution in [3.8, 4) is 28.0 Å². The van der Waals surface area contributed by atoms with Gasteiger partial charge in [0.25, 0.3) is 0 Å². The summed E-state index contributed by atoms with van der Waals surface area (Å²) in [5, 5.41) is 10.3. The van der Waals surface area contributed by atoms with Crippen molar-refractivity contribution in [1.82, 2.24) is 0 Å². The average Bonchev–Trinajstić information content (AvgIpc) is 2.85. The maximum atomic E-state index is 9.52. The number of phenolic OH excluding ortho intramolecular Hbond substituents is 1. The minimum absolute atomic E-state index is 0.266. The summed E-state index contributed by atoms with van der Waals surface area (Å²) in [7, 11) is 0. The van der Waals surface area contributed by atoms with Gasteiger partial charge >= 0.3 is 0 Å². The van der Waals surface area contributed by atoms with Gasteiger partial charge in [0.1, 0.15) is 5.75 Å². The van der Waals surface area contributed by atoms with E-state index in [2.05, 4.69) is 43.3 Å². The van der Waals surface area contributed by atoms with Gasteiger partial charge in [-0.2, -0.15) is 0 Å². The van der Waals surface area contributed by atoms with Crippen molar-refractivity contribution in [1.29, 1.82) is 0 Å². The van der Waals surface area contributed by atoms with Gasteiger partial charge in [-0.3, -0.25) is 0 Å². The van der Waals surface area contributed by atoms with Crippen LogP contribution in [0.2, 0.25) is 5.02 Å². The highest BCUT2D eigenvalue weighted by atomic mass is 35.5. The maximum absolute atomic E-state index is 9.52. The minimum Gasteiger partial charge on any atom is -0.508 e. The fourth-order valence-corrected chi connectivity index (χ4v) is 5.63. The second-order valence-electron chi connectivity index (χ2n) is 9.78. The van der Waals surface area contributed by atoms with Crippen LogP contribution in [-0.2, 0) is 0 Å². The van der Waals surface area contributed by atoms with Crippen LogP contribution >= 0.6 is 11.6 Å². The third kappa shape index (κ3) is 6.42. The Labute approximate surface area is 204 Å². The SMILES string of the molecule is CCCCCCCC1CCC(c2ccc(-c3ccc(-c4ccc(O)cc4)c(Cl)c3)cc2)CC1. The van der Waals surface area contributed by atoms with Crippen molar-refractivity contribution in [2.75, 3.05) is 0 Å². The van der Waals surface area contributed by atoms with Gasteiger partial charge in [0.15, 0.2) is 0 Å². The van der Waals surface area contributed by atoms with E-state index in [1.165, 1.54) is 75.3 Å². The molecule has 1 aliphatic carbocycles. The lowest BCUT2D eigenvalue weighted by atomic mass is 9.77. The van der Waals surface area contributed by atoms with Gasteiger partial charge < -0.3 is 5.11 Å². The van der Waals surface area contributed by atoms with Crippen LogP contribution < -0.4 is 0 Å². The van der Waals surface area contributed by atoms with E-state index in [4.69, 9.17) is 11.6 Å². The molecular formula is C31H37ClO. The van der Waals surface area contributed by atoms with Crippen LogP contribution in [0.5, 0.6) is 5.75 Å². The van der Waals surface area contributed by atoms with E-state index in [1.807, 2.05) is 18.2 Å². The Kier molecular flexibility index (Phi) is 8.51. The van der Waals surface area contributed by atoms with Gasteiger partial charge in [-0.1, -0.05) is 106 Å². The maximum Gasteiger partial charge on any atom is 0.115 e. The Morgan fingerprint density at radius 1 is 0.727 bits per heavy atom. The van der Waals surface area contributed by atoms with Crippen molar-refractivity contribution in [3.05, 3.63) is 77.3 Å². The van der Waals surface area contributed by atoms with Crippen LogP contribution in [0.15, 0.2) is 66.7 Å². The van der Waals surface area contributed by atoms with E-state index in [-0.39, 0.29) is 5.75 Å². The monoisotopic (exact) mass is 460 g/mol. The van der Waals surface area contributed by atoms with Crippen molar-refractivity contribution >= 4 is 11.6 Å². The largest absolute Gasteiger partial charge is 0.508 e. The summed E-state index contributed by atoms with van der Waals surface area (Å²) < 4.78 is 0. The van der Waals surface area contributed by atoms with Gasteiger partial charge in [0.2, 0.25) is 0 Å². The number of rotatable bonds is 9. The molecule has 3 aromatic rings. The van der Waals surface area contributed by atoms with Crippen molar-refractivity contribution in [3.63, 3.8) is 0 Å². The number of aromatic hydroxyl groups is 1. The molecule has 0 heterocycles. The van der Waals surface area contributed by atoms with Gasteiger partial charge in [0.05, 0.1) is 0 Å². The molecule has 0 amide bonds. The molecule has 0 bridgehead atoms. The Balaban J connectivity index is 1.33. The lowest BCUT2D eigenvalue weighted by Gasteiger charge is -2.29. The molecule has 0 radical (unpaired) electrons. The number of phenols is 1. The molecule has 0 spiro atoms. The topological polar surface area (TPSA) is 20.2 Å². The Bertz CT molecular complexity index is 998. The van der Waals surface area contributed by atoms with Crippen molar-refractivity contribution in [2.24, 2.45) is 5.92 Å². The summed E-state index contributed by atoms with van der Waals surface area (Å²) in [6.45, 7) is 2.29. The highest BCUT2D eigenvalue weighted by Gasteiger charge is 2.22. The third-order valence-corrected chi connectivity index (χ3v) is 7.74. The first-order valence-electron chi connectivity index (χ1n) is 12.8. The van der Waals surface area contributed by atoms with Crippen LogP contribution in [0.3, 0.4) is 0 Å². The van der Waals surface area contributed by atoms with Gasteiger partial charge in [-0.05, 0) is 78.0 Å². The number of hydrogen-bond donors (Lipinski definition) is 1. The van der Waals surface area contributed by atoms with E-state index in [9.17, 15) is 5.11 Å². The van der Waals surface area contributed by atoms with Crippen LogP contribution in [-0.4, -0.2) is 5.11 Å². The average molecular weight is 461 g/mol. The number of benzene rings is 3. The minimum atomic E-state index is 0.266. The molecule has 4 rings (SSSR count). The Morgan fingerprint density at radius 2 is 1.36 bits per heavy atom. The first-order valence-corrected chi connectivity index (χ1v) is 13.2. The molecular weight excluding hydrogens is 424 g/mol. The molecule has 1 nitrogen and oxygen atoms in total. The highest BCUT2D eigenvalue weighted by Crippen LogP contribution is 2.39. The predicted octanol–water partition coefficient (Wildman–Crippen LogP) is 10.0. The zero-order valence-electron chi connectivity index (χ0n) is 19.9. The molecule has 0 saturated heterocycles. The van der Waals surface area contributed by atoms with E-state index in [0.717, 1.165) is 33.5 Å². The summed E-state index contributed by atoms with van der Waals surface area (Å²) in [5.41, 5.74) is 5.84. The third-order valence-electron chi connectivity index (χ3n) is 7.43. The molecule has 1 N–H and O–H groups in total. The summed E-state index contributed by atoms with van der Waals surface area (Å²) in [6, 6.07) is 22.6. The van der Waals surface area contributed by atoms with E-state index in [1.54, 1.807) is 12.1 Å². The van der Waals surface area contributed by atoms with Gasteiger partial charge in [-0.25, -0.2) is 0 Å². The highest BCUT2D eigenvalue weighted by molar-refractivity contribution is 6.33. The molecule has 33 heavy (non-hydrogen) atoms. The summed E-state index contributed by atoms with van der Waals surface area (Å²) in [6.07, 6.45) is 13.9. The first kappa shape index (κ1) is 23.9. The van der Waals surface area contributed by atoms with Crippen LogP contribution in [0.1, 0.15) is 82.6 Å². The zero-order valence-corrected chi connectivity index (χ0v) is 20.7. The van der Waals surface area contributed by atoms with Crippen LogP contribution in [0.25, 0.3) is 22.3 Å². The molecule has 0 aliphatic heterocycles. The molecule has 1 fully saturated rings. The van der Waals surface area contributed by atoms with E-state index >= 15 is 0 Å². The first-order chi connectivity index (χ1) is 16.1. The smallest absolute Gasteiger partial charge is 0.115 e. The van der Waals surface area contributed by atoms with Crippen molar-refractivity contribution < 1.29 is 5.11 Å². The normalized spacial score (nSPS) is 18.4. The van der Waals surface area contributed by atoms with Crippen LogP contribution in [0.4, 0.5) is 0 Å². The molecule has 2 heteroatoms. The summed E-state index contributed by atoms with van der Waals surface area (Å²) >= 11 is 6.62. The molecule has 174 valence electrons. The van der Waals surface area contributed by atoms with E-state index < -0.39 is 0 Å². The second-order valence-corrected chi connectivity index (χ2v) is 10.2. The Morgan fingerprint density at radius 3 is 2.03 bits per heavy atom. The number of hydrogen-bond acceptors (Lipinski definition) is 1.